The number of hydrogen-bond donors (Lipinski definition) is 2. The van der Waals surface area contributed by atoms with Crippen LogP contribution in [0.1, 0.15) is 0 Å². The van der Waals surface area contributed by atoms with Crippen LogP contribution < -0.4 is 9.47 Å². The number of aromatic amines is 2. The van der Waals surface area contributed by atoms with Crippen molar-refractivity contribution in [2.45, 2.75) is 0 Å². The van der Waals surface area contributed by atoms with Gasteiger partial charge in [0.25, 0.3) is 0 Å². The van der Waals surface area contributed by atoms with E-state index in [1.54, 1.807) is 14.2 Å². The van der Waals surface area contributed by atoms with Gasteiger partial charge in [0, 0.05) is 23.4 Å². The lowest BCUT2D eigenvalue weighted by atomic mass is 10.0. The number of aromatic nitrogens is 3. The molecule has 5 aromatic rings. The van der Waals surface area contributed by atoms with Gasteiger partial charge in [-0.05, 0) is 47.5 Å². The zero-order valence-electron chi connectivity index (χ0n) is 16.7. The number of methoxy groups -OCH3 is 2. The quantitative estimate of drug-likeness (QED) is 0.377. The van der Waals surface area contributed by atoms with Crippen LogP contribution in [0.5, 0.6) is 11.5 Å². The molecular weight excluding hydrogens is 378 g/mol. The molecule has 150 valence electrons. The second-order valence-electron chi connectivity index (χ2n) is 7.02. The number of H-pyrrole nitrogens is 2. The summed E-state index contributed by atoms with van der Waals surface area (Å²) >= 11 is 0. The Morgan fingerprint density at radius 2 is 1.67 bits per heavy atom. The molecule has 5 rings (SSSR count). The van der Waals surface area contributed by atoms with E-state index in [0.717, 1.165) is 38.9 Å². The SMILES string of the molecule is COCOc1ccc(-c2ccc3c(-c4cc5ccccc5[nH]4)n[nH]c3c2)cc1OC. The van der Waals surface area contributed by atoms with Crippen LogP contribution in [0.4, 0.5) is 0 Å². The van der Waals surface area contributed by atoms with Crippen molar-refractivity contribution in [3.63, 3.8) is 0 Å². The molecular formula is C24H21N3O3. The van der Waals surface area contributed by atoms with Gasteiger partial charge < -0.3 is 19.2 Å². The second kappa shape index (κ2) is 7.57. The first-order valence-electron chi connectivity index (χ1n) is 9.63. The minimum Gasteiger partial charge on any atom is -0.493 e. The predicted molar refractivity (Wildman–Crippen MR) is 118 cm³/mol. The van der Waals surface area contributed by atoms with Crippen molar-refractivity contribution in [3.8, 4) is 34.0 Å². The van der Waals surface area contributed by atoms with Crippen LogP contribution in [-0.2, 0) is 4.74 Å². The first kappa shape index (κ1) is 18.3. The molecule has 2 aromatic heterocycles. The van der Waals surface area contributed by atoms with Crippen LogP contribution in [-0.4, -0.2) is 36.2 Å². The average molecular weight is 399 g/mol. The fraction of sp³-hybridized carbons (Fsp3) is 0.125. The molecule has 0 radical (unpaired) electrons. The minimum absolute atomic E-state index is 0.173. The van der Waals surface area contributed by atoms with Crippen molar-refractivity contribution in [1.82, 2.24) is 15.2 Å². The molecule has 30 heavy (non-hydrogen) atoms. The van der Waals surface area contributed by atoms with Crippen molar-refractivity contribution in [3.05, 3.63) is 66.7 Å². The molecule has 0 bridgehead atoms. The van der Waals surface area contributed by atoms with Gasteiger partial charge in [0.15, 0.2) is 18.3 Å². The van der Waals surface area contributed by atoms with Crippen LogP contribution in [0.3, 0.4) is 0 Å². The van der Waals surface area contributed by atoms with Crippen LogP contribution >= 0.6 is 0 Å². The number of ether oxygens (including phenoxy) is 3. The lowest BCUT2D eigenvalue weighted by molar-refractivity contribution is 0.0492. The van der Waals surface area contributed by atoms with E-state index in [-0.39, 0.29) is 6.79 Å². The molecule has 6 heteroatoms. The van der Waals surface area contributed by atoms with E-state index >= 15 is 0 Å². The van der Waals surface area contributed by atoms with Crippen molar-refractivity contribution in [2.75, 3.05) is 21.0 Å². The summed E-state index contributed by atoms with van der Waals surface area (Å²) in [7, 11) is 3.22. The Labute approximate surface area is 173 Å². The Balaban J connectivity index is 1.52. The normalized spacial score (nSPS) is 11.3. The Bertz CT molecular complexity index is 1300. The Hall–Kier alpha value is -3.77. The summed E-state index contributed by atoms with van der Waals surface area (Å²) in [5.74, 6) is 1.31. The number of hydrogen-bond acceptors (Lipinski definition) is 4. The predicted octanol–water partition coefficient (Wildman–Crippen LogP) is 5.37. The molecule has 0 unspecified atom stereocenters. The highest BCUT2D eigenvalue weighted by Gasteiger charge is 2.13. The fourth-order valence-corrected chi connectivity index (χ4v) is 3.69. The summed E-state index contributed by atoms with van der Waals surface area (Å²) in [4.78, 5) is 3.45. The number of para-hydroxylation sites is 1. The van der Waals surface area contributed by atoms with Crippen LogP contribution in [0.15, 0.2) is 66.7 Å². The van der Waals surface area contributed by atoms with E-state index in [1.165, 1.54) is 5.39 Å². The van der Waals surface area contributed by atoms with E-state index in [9.17, 15) is 0 Å². The minimum atomic E-state index is 0.173. The summed E-state index contributed by atoms with van der Waals surface area (Å²) < 4.78 is 16.0. The number of fused-ring (bicyclic) bond motifs is 2. The smallest absolute Gasteiger partial charge is 0.188 e. The first-order chi connectivity index (χ1) is 14.8. The zero-order chi connectivity index (χ0) is 20.5. The molecule has 0 saturated carbocycles. The standard InChI is InChI=1S/C24H21N3O3/c1-28-14-30-22-10-8-16(13-23(22)29-2)15-7-9-18-20(11-15)26-27-24(18)21-12-17-5-3-4-6-19(17)25-21/h3-13,25H,14H2,1-2H3,(H,26,27). The van der Waals surface area contributed by atoms with Gasteiger partial charge in [0.05, 0.1) is 18.3 Å². The van der Waals surface area contributed by atoms with Gasteiger partial charge in [0.2, 0.25) is 0 Å². The van der Waals surface area contributed by atoms with Crippen molar-refractivity contribution in [1.29, 1.82) is 0 Å². The first-order valence-corrected chi connectivity index (χ1v) is 9.63. The van der Waals surface area contributed by atoms with E-state index in [1.807, 2.05) is 30.3 Å². The molecule has 0 aliphatic heterocycles. The third-order valence-corrected chi connectivity index (χ3v) is 5.18. The van der Waals surface area contributed by atoms with Gasteiger partial charge in [-0.1, -0.05) is 30.3 Å². The molecule has 0 aliphatic rings. The lowest BCUT2D eigenvalue weighted by Crippen LogP contribution is -2.00. The largest absolute Gasteiger partial charge is 0.493 e. The van der Waals surface area contributed by atoms with Gasteiger partial charge in [-0.3, -0.25) is 5.10 Å². The summed E-state index contributed by atoms with van der Waals surface area (Å²) in [6, 6.07) is 22.5. The molecule has 2 heterocycles. The highest BCUT2D eigenvalue weighted by atomic mass is 16.7. The van der Waals surface area contributed by atoms with Crippen molar-refractivity contribution < 1.29 is 14.2 Å². The molecule has 0 aliphatic carbocycles. The maximum atomic E-state index is 5.55. The van der Waals surface area contributed by atoms with Gasteiger partial charge >= 0.3 is 0 Å². The van der Waals surface area contributed by atoms with Crippen LogP contribution in [0, 0.1) is 0 Å². The molecule has 6 nitrogen and oxygen atoms in total. The summed E-state index contributed by atoms with van der Waals surface area (Å²) in [6.45, 7) is 0.173. The number of benzene rings is 3. The Kier molecular flexibility index (Phi) is 4.61. The van der Waals surface area contributed by atoms with Crippen LogP contribution in [0.25, 0.3) is 44.3 Å². The van der Waals surface area contributed by atoms with Gasteiger partial charge in [-0.25, -0.2) is 0 Å². The maximum Gasteiger partial charge on any atom is 0.188 e. The summed E-state index contributed by atoms with van der Waals surface area (Å²) in [6.07, 6.45) is 0. The molecule has 0 spiro atoms. The lowest BCUT2D eigenvalue weighted by Gasteiger charge is -2.11. The van der Waals surface area contributed by atoms with Gasteiger partial charge in [0.1, 0.15) is 5.69 Å². The molecule has 3 aromatic carbocycles. The third-order valence-electron chi connectivity index (χ3n) is 5.18. The van der Waals surface area contributed by atoms with Gasteiger partial charge in [-0.15, -0.1) is 0 Å². The summed E-state index contributed by atoms with van der Waals surface area (Å²) in [5.41, 5.74) is 6.07. The highest BCUT2D eigenvalue weighted by Crippen LogP contribution is 2.35. The number of nitrogens with zero attached hydrogens (tertiary/aromatic N) is 1. The second-order valence-corrected chi connectivity index (χ2v) is 7.02. The van der Waals surface area contributed by atoms with E-state index in [2.05, 4.69) is 51.6 Å². The summed E-state index contributed by atoms with van der Waals surface area (Å²) in [5, 5.41) is 9.97. The third kappa shape index (κ3) is 3.17. The van der Waals surface area contributed by atoms with E-state index in [0.29, 0.717) is 11.5 Å². The Morgan fingerprint density at radius 3 is 2.50 bits per heavy atom. The van der Waals surface area contributed by atoms with Crippen LogP contribution in [0.2, 0.25) is 0 Å². The maximum absolute atomic E-state index is 5.55. The van der Waals surface area contributed by atoms with E-state index in [4.69, 9.17) is 14.2 Å². The van der Waals surface area contributed by atoms with Crippen molar-refractivity contribution in [2.24, 2.45) is 0 Å². The highest BCUT2D eigenvalue weighted by molar-refractivity contribution is 5.97. The number of rotatable bonds is 6. The number of nitrogens with one attached hydrogen (secondary N) is 2. The average Bonchev–Trinajstić information content (AvgIpc) is 3.40. The molecule has 0 atom stereocenters. The monoisotopic (exact) mass is 399 g/mol. The topological polar surface area (TPSA) is 72.2 Å². The molecule has 2 N–H and O–H groups in total. The fourth-order valence-electron chi connectivity index (χ4n) is 3.69. The molecule has 0 amide bonds. The Morgan fingerprint density at radius 1 is 0.833 bits per heavy atom. The zero-order valence-corrected chi connectivity index (χ0v) is 16.7. The molecule has 0 saturated heterocycles. The van der Waals surface area contributed by atoms with E-state index < -0.39 is 0 Å². The van der Waals surface area contributed by atoms with Gasteiger partial charge in [-0.2, -0.15) is 5.10 Å². The molecule has 0 fully saturated rings. The van der Waals surface area contributed by atoms with Crippen molar-refractivity contribution >= 4 is 21.8 Å².